The molecule has 2 rings (SSSR count). The maximum atomic E-state index is 5.61. The number of pyridine rings is 1. The molecule has 0 aliphatic rings. The molecular weight excluding hydrogens is 204 g/mol. The Bertz CT molecular complexity index is 366. The molecule has 0 unspecified atom stereocenters. The molecule has 0 spiro atoms. The predicted molar refractivity (Wildman–Crippen MR) is 56.5 cm³/mol. The molecule has 4 heteroatoms. The summed E-state index contributed by atoms with van der Waals surface area (Å²) in [7, 11) is 0. The van der Waals surface area contributed by atoms with Gasteiger partial charge in [-0.25, -0.2) is 4.98 Å². The van der Waals surface area contributed by atoms with Crippen LogP contribution in [0, 0.1) is 0 Å². The summed E-state index contributed by atoms with van der Waals surface area (Å²) in [6, 6.07) is 2.00. The van der Waals surface area contributed by atoms with E-state index in [1.165, 1.54) is 4.70 Å². The van der Waals surface area contributed by atoms with Gasteiger partial charge in [-0.3, -0.25) is 4.98 Å². The van der Waals surface area contributed by atoms with E-state index >= 15 is 0 Å². The maximum Gasteiger partial charge on any atom is 0.0998 e. The normalized spacial score (nSPS) is 10.8. The molecule has 68 valence electrons. The minimum Gasteiger partial charge on any atom is -0.262 e. The Morgan fingerprint density at radius 2 is 2.38 bits per heavy atom. The van der Waals surface area contributed by atoms with Crippen molar-refractivity contribution in [1.82, 2.24) is 9.97 Å². The average molecular weight is 213 g/mol. The molecule has 0 saturated carbocycles. The lowest BCUT2D eigenvalue weighted by atomic mass is 10.3. The summed E-state index contributed by atoms with van der Waals surface area (Å²) >= 11 is 7.34. The van der Waals surface area contributed by atoms with E-state index in [1.807, 2.05) is 6.07 Å². The van der Waals surface area contributed by atoms with Crippen molar-refractivity contribution in [3.8, 4) is 0 Å². The van der Waals surface area contributed by atoms with Crippen LogP contribution in [-0.2, 0) is 6.42 Å². The molecule has 0 bridgehead atoms. The van der Waals surface area contributed by atoms with Crippen LogP contribution in [0.15, 0.2) is 18.5 Å². The van der Waals surface area contributed by atoms with Crippen LogP contribution in [-0.4, -0.2) is 15.8 Å². The third kappa shape index (κ3) is 1.98. The molecule has 13 heavy (non-hydrogen) atoms. The molecule has 2 aromatic heterocycles. The fourth-order valence-corrected chi connectivity index (χ4v) is 2.26. The van der Waals surface area contributed by atoms with Gasteiger partial charge in [-0.1, -0.05) is 0 Å². The fraction of sp³-hybridized carbons (Fsp3) is 0.333. The molecule has 2 heterocycles. The highest BCUT2D eigenvalue weighted by molar-refractivity contribution is 7.18. The SMILES string of the molecule is ClCCCc1nc2cnccc2s1. The quantitative estimate of drug-likeness (QED) is 0.732. The van der Waals surface area contributed by atoms with Crippen LogP contribution >= 0.6 is 22.9 Å². The van der Waals surface area contributed by atoms with Gasteiger partial charge >= 0.3 is 0 Å². The van der Waals surface area contributed by atoms with Gasteiger partial charge in [0.05, 0.1) is 21.4 Å². The molecule has 2 aromatic rings. The van der Waals surface area contributed by atoms with Gasteiger partial charge in [-0.15, -0.1) is 22.9 Å². The zero-order valence-corrected chi connectivity index (χ0v) is 8.61. The second-order valence-electron chi connectivity index (χ2n) is 2.74. The lowest BCUT2D eigenvalue weighted by molar-refractivity contribution is 0.919. The van der Waals surface area contributed by atoms with Crippen molar-refractivity contribution in [3.63, 3.8) is 0 Å². The van der Waals surface area contributed by atoms with Crippen molar-refractivity contribution in [2.75, 3.05) is 5.88 Å². The summed E-state index contributed by atoms with van der Waals surface area (Å²) < 4.78 is 1.21. The van der Waals surface area contributed by atoms with Crippen LogP contribution in [0.25, 0.3) is 10.2 Å². The Morgan fingerprint density at radius 3 is 3.15 bits per heavy atom. The number of hydrogen-bond acceptors (Lipinski definition) is 3. The van der Waals surface area contributed by atoms with Crippen molar-refractivity contribution >= 4 is 33.2 Å². The lowest BCUT2D eigenvalue weighted by Gasteiger charge is -1.88. The molecule has 0 aromatic carbocycles. The summed E-state index contributed by atoms with van der Waals surface area (Å²) in [6.07, 6.45) is 5.57. The second-order valence-corrected chi connectivity index (χ2v) is 4.24. The van der Waals surface area contributed by atoms with Crippen LogP contribution < -0.4 is 0 Å². The van der Waals surface area contributed by atoms with E-state index in [2.05, 4.69) is 9.97 Å². The molecule has 0 atom stereocenters. The number of thiazole rings is 1. The monoisotopic (exact) mass is 212 g/mol. The summed E-state index contributed by atoms with van der Waals surface area (Å²) in [5, 5.41) is 1.16. The third-order valence-electron chi connectivity index (χ3n) is 1.76. The van der Waals surface area contributed by atoms with E-state index in [1.54, 1.807) is 23.7 Å². The Balaban J connectivity index is 2.28. The predicted octanol–water partition coefficient (Wildman–Crippen LogP) is 2.86. The van der Waals surface area contributed by atoms with Gasteiger partial charge < -0.3 is 0 Å². The largest absolute Gasteiger partial charge is 0.262 e. The molecule has 0 aliphatic heterocycles. The number of alkyl halides is 1. The number of rotatable bonds is 3. The Morgan fingerprint density at radius 1 is 1.46 bits per heavy atom. The summed E-state index contributed by atoms with van der Waals surface area (Å²) in [4.78, 5) is 8.47. The van der Waals surface area contributed by atoms with Gasteiger partial charge in [0, 0.05) is 18.5 Å². The van der Waals surface area contributed by atoms with Crippen LogP contribution in [0.5, 0.6) is 0 Å². The van der Waals surface area contributed by atoms with Crippen LogP contribution in [0.4, 0.5) is 0 Å². The first kappa shape index (κ1) is 8.91. The Kier molecular flexibility index (Phi) is 2.76. The van der Waals surface area contributed by atoms with Crippen molar-refractivity contribution in [2.45, 2.75) is 12.8 Å². The standard InChI is InChI=1S/C9H9ClN2S/c10-4-1-2-9-12-7-6-11-5-3-8(7)13-9/h3,5-6H,1-2,4H2. The van der Waals surface area contributed by atoms with E-state index in [0.717, 1.165) is 23.4 Å². The van der Waals surface area contributed by atoms with Crippen molar-refractivity contribution in [1.29, 1.82) is 0 Å². The van der Waals surface area contributed by atoms with Crippen molar-refractivity contribution < 1.29 is 0 Å². The van der Waals surface area contributed by atoms with Gasteiger partial charge in [-0.2, -0.15) is 0 Å². The topological polar surface area (TPSA) is 25.8 Å². The van der Waals surface area contributed by atoms with Crippen molar-refractivity contribution in [3.05, 3.63) is 23.5 Å². The molecule has 0 N–H and O–H groups in total. The van der Waals surface area contributed by atoms with Gasteiger partial charge in [0.1, 0.15) is 0 Å². The first-order valence-electron chi connectivity index (χ1n) is 4.15. The number of fused-ring (bicyclic) bond motifs is 1. The van der Waals surface area contributed by atoms with Crippen LogP contribution in [0.3, 0.4) is 0 Å². The molecule has 0 saturated heterocycles. The number of aryl methyl sites for hydroxylation is 1. The number of halogens is 1. The lowest BCUT2D eigenvalue weighted by Crippen LogP contribution is -1.83. The van der Waals surface area contributed by atoms with E-state index < -0.39 is 0 Å². The Labute approximate surface area is 85.6 Å². The van der Waals surface area contributed by atoms with E-state index in [0.29, 0.717) is 5.88 Å². The molecule has 0 fully saturated rings. The highest BCUT2D eigenvalue weighted by Crippen LogP contribution is 2.21. The second kappa shape index (κ2) is 4.03. The molecular formula is C9H9ClN2S. The summed E-state index contributed by atoms with van der Waals surface area (Å²) in [6.45, 7) is 0. The minimum atomic E-state index is 0.703. The minimum absolute atomic E-state index is 0.703. The fourth-order valence-electron chi connectivity index (χ4n) is 1.15. The average Bonchev–Trinajstić information content (AvgIpc) is 2.57. The number of aromatic nitrogens is 2. The van der Waals surface area contributed by atoms with Gasteiger partial charge in [0.15, 0.2) is 0 Å². The zero-order valence-electron chi connectivity index (χ0n) is 7.03. The number of nitrogens with zero attached hydrogens (tertiary/aromatic N) is 2. The number of hydrogen-bond donors (Lipinski definition) is 0. The third-order valence-corrected chi connectivity index (χ3v) is 3.12. The highest BCUT2D eigenvalue weighted by atomic mass is 35.5. The van der Waals surface area contributed by atoms with Gasteiger partial charge in [0.2, 0.25) is 0 Å². The Hall–Kier alpha value is -0.670. The zero-order chi connectivity index (χ0) is 9.10. The van der Waals surface area contributed by atoms with E-state index in [-0.39, 0.29) is 0 Å². The summed E-state index contributed by atoms with van der Waals surface area (Å²) in [5.41, 5.74) is 0.997. The smallest absolute Gasteiger partial charge is 0.0998 e. The maximum absolute atomic E-state index is 5.61. The first-order valence-corrected chi connectivity index (χ1v) is 5.50. The molecule has 0 amide bonds. The van der Waals surface area contributed by atoms with Crippen molar-refractivity contribution in [2.24, 2.45) is 0 Å². The van der Waals surface area contributed by atoms with Crippen LogP contribution in [0.2, 0.25) is 0 Å². The molecule has 2 nitrogen and oxygen atoms in total. The summed E-state index contributed by atoms with van der Waals surface area (Å²) in [5.74, 6) is 0.703. The molecule has 0 radical (unpaired) electrons. The molecule has 0 aliphatic carbocycles. The van der Waals surface area contributed by atoms with E-state index in [4.69, 9.17) is 11.6 Å². The van der Waals surface area contributed by atoms with Gasteiger partial charge in [0.25, 0.3) is 0 Å². The first-order chi connectivity index (χ1) is 6.40. The van der Waals surface area contributed by atoms with Crippen LogP contribution in [0.1, 0.15) is 11.4 Å². The highest BCUT2D eigenvalue weighted by Gasteiger charge is 2.01. The van der Waals surface area contributed by atoms with E-state index in [9.17, 15) is 0 Å². The van der Waals surface area contributed by atoms with Gasteiger partial charge in [-0.05, 0) is 12.5 Å².